The first kappa shape index (κ1) is 15.9. The number of carbonyl (C=O) groups is 1. The number of nitrogens with zero attached hydrogens (tertiary/aromatic N) is 4. The van der Waals surface area contributed by atoms with Crippen molar-refractivity contribution in [2.75, 3.05) is 5.32 Å². The monoisotopic (exact) mass is 354 g/mol. The van der Waals surface area contributed by atoms with Crippen LogP contribution in [0.25, 0.3) is 16.7 Å². The van der Waals surface area contributed by atoms with Crippen molar-refractivity contribution in [1.29, 1.82) is 0 Å². The van der Waals surface area contributed by atoms with Crippen molar-refractivity contribution in [2.24, 2.45) is 0 Å². The summed E-state index contributed by atoms with van der Waals surface area (Å²) in [7, 11) is 0. The minimum Gasteiger partial charge on any atom is -0.346 e. The van der Waals surface area contributed by atoms with Gasteiger partial charge in [0.1, 0.15) is 5.65 Å². The predicted molar refractivity (Wildman–Crippen MR) is 90.1 cm³/mol. The molecule has 7 nitrogen and oxygen atoms in total. The number of hydrogen-bond donors (Lipinski definition) is 2. The second kappa shape index (κ2) is 6.03. The fourth-order valence-electron chi connectivity index (χ4n) is 2.60. The van der Waals surface area contributed by atoms with Crippen LogP contribution in [0.3, 0.4) is 0 Å². The largest absolute Gasteiger partial charge is 0.346 e. The van der Waals surface area contributed by atoms with Crippen molar-refractivity contribution >= 4 is 22.6 Å². The summed E-state index contributed by atoms with van der Waals surface area (Å²) in [6.45, 7) is 1.61. The lowest BCUT2D eigenvalue weighted by molar-refractivity contribution is 0.102. The molecule has 1 aromatic carbocycles. The van der Waals surface area contributed by atoms with Gasteiger partial charge in [-0.1, -0.05) is 5.21 Å². The SMILES string of the molecule is Cc1c(C(=O)Nc2cnc3[nH]ccc3c2)nnn1-c1ccc(F)c(F)c1. The third-order valence-corrected chi connectivity index (χ3v) is 3.92. The molecule has 0 aliphatic rings. The van der Waals surface area contributed by atoms with Gasteiger partial charge in [-0.05, 0) is 31.2 Å². The molecule has 4 aromatic rings. The summed E-state index contributed by atoms with van der Waals surface area (Å²) in [5, 5.41) is 11.3. The number of pyridine rings is 1. The first-order valence-corrected chi connectivity index (χ1v) is 7.65. The number of H-pyrrole nitrogens is 1. The van der Waals surface area contributed by atoms with Crippen LogP contribution in [0.15, 0.2) is 42.7 Å². The molecule has 130 valence electrons. The fraction of sp³-hybridized carbons (Fsp3) is 0.0588. The number of benzene rings is 1. The molecule has 3 heterocycles. The minimum absolute atomic E-state index is 0.0731. The van der Waals surface area contributed by atoms with E-state index in [1.165, 1.54) is 16.9 Å². The molecule has 4 rings (SSSR count). The molecule has 0 spiro atoms. The maximum absolute atomic E-state index is 13.4. The molecule has 0 saturated carbocycles. The van der Waals surface area contributed by atoms with E-state index in [0.29, 0.717) is 17.0 Å². The van der Waals surface area contributed by atoms with Crippen LogP contribution >= 0.6 is 0 Å². The lowest BCUT2D eigenvalue weighted by Crippen LogP contribution is -2.14. The van der Waals surface area contributed by atoms with Gasteiger partial charge in [0, 0.05) is 17.6 Å². The summed E-state index contributed by atoms with van der Waals surface area (Å²) >= 11 is 0. The number of aromatic amines is 1. The Morgan fingerprint density at radius 1 is 1.19 bits per heavy atom. The number of carbonyl (C=O) groups excluding carboxylic acids is 1. The number of amides is 1. The van der Waals surface area contributed by atoms with Gasteiger partial charge in [-0.15, -0.1) is 5.10 Å². The van der Waals surface area contributed by atoms with Crippen LogP contribution in [-0.2, 0) is 0 Å². The highest BCUT2D eigenvalue weighted by molar-refractivity contribution is 6.04. The summed E-state index contributed by atoms with van der Waals surface area (Å²) < 4.78 is 27.8. The van der Waals surface area contributed by atoms with E-state index < -0.39 is 17.5 Å². The van der Waals surface area contributed by atoms with E-state index >= 15 is 0 Å². The number of hydrogen-bond acceptors (Lipinski definition) is 4. The predicted octanol–water partition coefficient (Wildman–Crippen LogP) is 2.98. The van der Waals surface area contributed by atoms with Crippen LogP contribution in [0.5, 0.6) is 0 Å². The van der Waals surface area contributed by atoms with E-state index in [-0.39, 0.29) is 11.4 Å². The van der Waals surface area contributed by atoms with Gasteiger partial charge in [-0.3, -0.25) is 4.79 Å². The average molecular weight is 354 g/mol. The van der Waals surface area contributed by atoms with Gasteiger partial charge < -0.3 is 10.3 Å². The molecule has 1 amide bonds. The molecule has 0 fully saturated rings. The Balaban J connectivity index is 1.62. The first-order chi connectivity index (χ1) is 12.5. The van der Waals surface area contributed by atoms with Gasteiger partial charge in [0.2, 0.25) is 0 Å². The zero-order chi connectivity index (χ0) is 18.3. The summed E-state index contributed by atoms with van der Waals surface area (Å²) in [6, 6.07) is 6.94. The normalized spacial score (nSPS) is 11.0. The molecule has 26 heavy (non-hydrogen) atoms. The highest BCUT2D eigenvalue weighted by Gasteiger charge is 2.18. The van der Waals surface area contributed by atoms with Crippen molar-refractivity contribution in [2.45, 2.75) is 6.92 Å². The molecule has 9 heteroatoms. The van der Waals surface area contributed by atoms with Crippen LogP contribution < -0.4 is 5.32 Å². The first-order valence-electron chi connectivity index (χ1n) is 7.65. The second-order valence-electron chi connectivity index (χ2n) is 5.63. The van der Waals surface area contributed by atoms with E-state index in [2.05, 4.69) is 25.6 Å². The molecule has 0 aliphatic carbocycles. The maximum atomic E-state index is 13.4. The summed E-state index contributed by atoms with van der Waals surface area (Å²) in [6.07, 6.45) is 3.27. The minimum atomic E-state index is -1.01. The average Bonchev–Trinajstić information content (AvgIpc) is 3.23. The summed E-state index contributed by atoms with van der Waals surface area (Å²) in [5.41, 5.74) is 1.95. The Morgan fingerprint density at radius 2 is 2.04 bits per heavy atom. The molecular formula is C17H12F2N6O. The smallest absolute Gasteiger partial charge is 0.278 e. The molecule has 0 unspecified atom stereocenters. The van der Waals surface area contributed by atoms with Crippen LogP contribution in [0.4, 0.5) is 14.5 Å². The lowest BCUT2D eigenvalue weighted by atomic mass is 10.2. The third kappa shape index (κ3) is 2.69. The molecule has 0 aliphatic heterocycles. The molecule has 0 saturated heterocycles. The lowest BCUT2D eigenvalue weighted by Gasteiger charge is -2.05. The number of halogens is 2. The van der Waals surface area contributed by atoms with Crippen molar-refractivity contribution in [3.63, 3.8) is 0 Å². The van der Waals surface area contributed by atoms with Gasteiger partial charge in [0.15, 0.2) is 17.3 Å². The number of anilines is 1. The third-order valence-electron chi connectivity index (χ3n) is 3.92. The van der Waals surface area contributed by atoms with Crippen molar-refractivity contribution in [1.82, 2.24) is 25.0 Å². The number of rotatable bonds is 3. The Morgan fingerprint density at radius 3 is 2.85 bits per heavy atom. The molecule has 0 radical (unpaired) electrons. The van der Waals surface area contributed by atoms with Gasteiger partial charge in [0.05, 0.1) is 23.3 Å². The van der Waals surface area contributed by atoms with Crippen molar-refractivity contribution < 1.29 is 13.6 Å². The van der Waals surface area contributed by atoms with E-state index in [9.17, 15) is 13.6 Å². The van der Waals surface area contributed by atoms with Crippen LogP contribution in [0.2, 0.25) is 0 Å². The van der Waals surface area contributed by atoms with Crippen LogP contribution in [-0.4, -0.2) is 30.9 Å². The van der Waals surface area contributed by atoms with E-state index in [1.807, 2.05) is 6.07 Å². The van der Waals surface area contributed by atoms with Crippen LogP contribution in [0.1, 0.15) is 16.2 Å². The Hall–Kier alpha value is -3.62. The van der Waals surface area contributed by atoms with Crippen molar-refractivity contribution in [3.8, 4) is 5.69 Å². The number of nitrogens with one attached hydrogen (secondary N) is 2. The Labute approximate surface area is 145 Å². The van der Waals surface area contributed by atoms with E-state index in [0.717, 1.165) is 17.5 Å². The molecule has 0 atom stereocenters. The second-order valence-corrected chi connectivity index (χ2v) is 5.63. The van der Waals surface area contributed by atoms with Gasteiger partial charge in [-0.2, -0.15) is 0 Å². The van der Waals surface area contributed by atoms with Crippen LogP contribution in [0, 0.1) is 18.6 Å². The summed E-state index contributed by atoms with van der Waals surface area (Å²) in [4.78, 5) is 19.6. The molecule has 2 N–H and O–H groups in total. The maximum Gasteiger partial charge on any atom is 0.278 e. The highest BCUT2D eigenvalue weighted by Crippen LogP contribution is 2.18. The fourth-order valence-corrected chi connectivity index (χ4v) is 2.60. The van der Waals surface area contributed by atoms with Crippen molar-refractivity contribution in [3.05, 3.63) is 65.7 Å². The Bertz CT molecular complexity index is 1130. The topological polar surface area (TPSA) is 88.5 Å². The molecule has 0 bridgehead atoms. The highest BCUT2D eigenvalue weighted by atomic mass is 19.2. The summed E-state index contributed by atoms with van der Waals surface area (Å²) in [5.74, 6) is -2.44. The zero-order valence-corrected chi connectivity index (χ0v) is 13.5. The van der Waals surface area contributed by atoms with Gasteiger partial charge >= 0.3 is 0 Å². The Kier molecular flexibility index (Phi) is 3.68. The zero-order valence-electron chi connectivity index (χ0n) is 13.5. The van der Waals surface area contributed by atoms with Gasteiger partial charge in [-0.25, -0.2) is 18.4 Å². The molecule has 3 aromatic heterocycles. The van der Waals surface area contributed by atoms with E-state index in [1.54, 1.807) is 19.2 Å². The van der Waals surface area contributed by atoms with E-state index in [4.69, 9.17) is 0 Å². The molecular weight excluding hydrogens is 342 g/mol. The van der Waals surface area contributed by atoms with Gasteiger partial charge in [0.25, 0.3) is 5.91 Å². The quantitative estimate of drug-likeness (QED) is 0.592. The number of aromatic nitrogens is 5. The standard InChI is InChI=1S/C17H12F2N6O/c1-9-15(23-24-25(9)12-2-3-13(18)14(19)7-12)17(26)22-11-6-10-4-5-20-16(10)21-8-11/h2-8H,1H3,(H,20,21)(H,22,26). The number of fused-ring (bicyclic) bond motifs is 1.